The number of aromatic nitrogens is 4. The zero-order chi connectivity index (χ0) is 15.4. The van der Waals surface area contributed by atoms with E-state index in [1.807, 2.05) is 22.7 Å². The van der Waals surface area contributed by atoms with Crippen molar-refractivity contribution in [2.75, 3.05) is 18.9 Å². The summed E-state index contributed by atoms with van der Waals surface area (Å²) in [6, 6.07) is 0.0380. The Bertz CT molecular complexity index is 627. The van der Waals surface area contributed by atoms with Crippen LogP contribution in [0, 0.1) is 0 Å². The van der Waals surface area contributed by atoms with Gasteiger partial charge in [-0.2, -0.15) is 0 Å². The lowest BCUT2D eigenvalue weighted by Crippen LogP contribution is -2.31. The summed E-state index contributed by atoms with van der Waals surface area (Å²) in [5, 5.41) is 2.99. The van der Waals surface area contributed by atoms with Crippen LogP contribution in [0.15, 0.2) is 31.1 Å². The number of carbonyl (C=O) groups is 1. The molecule has 0 bridgehead atoms. The molecule has 7 nitrogen and oxygen atoms in total. The smallest absolute Gasteiger partial charge is 0.224 e. The summed E-state index contributed by atoms with van der Waals surface area (Å²) in [7, 11) is 1.82. The van der Waals surface area contributed by atoms with Crippen LogP contribution in [-0.2, 0) is 11.3 Å². The van der Waals surface area contributed by atoms with Crippen molar-refractivity contribution in [3.8, 4) is 0 Å². The number of anilines is 1. The van der Waals surface area contributed by atoms with Crippen LogP contribution in [0.4, 0.5) is 5.82 Å². The summed E-state index contributed by atoms with van der Waals surface area (Å²) in [4.78, 5) is 27.2. The maximum atomic E-state index is 12.5. The summed E-state index contributed by atoms with van der Waals surface area (Å²) in [6.07, 6.45) is 11.2. The second-order valence-corrected chi connectivity index (χ2v) is 5.37. The fourth-order valence-electron chi connectivity index (χ4n) is 2.82. The molecule has 0 unspecified atom stereocenters. The minimum atomic E-state index is 0.0380. The molecule has 0 radical (unpaired) electrons. The Morgan fingerprint density at radius 1 is 1.41 bits per heavy atom. The first kappa shape index (κ1) is 14.5. The predicted molar refractivity (Wildman–Crippen MR) is 82.1 cm³/mol. The van der Waals surface area contributed by atoms with E-state index in [2.05, 4.69) is 20.3 Å². The molecular formula is C15H20N6O. The molecule has 0 saturated carbocycles. The van der Waals surface area contributed by atoms with Crippen LogP contribution in [0.5, 0.6) is 0 Å². The van der Waals surface area contributed by atoms with E-state index in [1.54, 1.807) is 24.9 Å². The van der Waals surface area contributed by atoms with Gasteiger partial charge in [0, 0.05) is 39.0 Å². The molecular weight excluding hydrogens is 280 g/mol. The number of imidazole rings is 1. The Balaban J connectivity index is 1.68. The van der Waals surface area contributed by atoms with E-state index in [9.17, 15) is 4.79 Å². The third-order valence-electron chi connectivity index (χ3n) is 3.97. The highest BCUT2D eigenvalue weighted by atomic mass is 16.2. The van der Waals surface area contributed by atoms with Crippen LogP contribution in [0.3, 0.4) is 0 Å². The Kier molecular flexibility index (Phi) is 4.32. The van der Waals surface area contributed by atoms with Crippen LogP contribution in [0.1, 0.15) is 31.0 Å². The van der Waals surface area contributed by atoms with Gasteiger partial charge < -0.3 is 14.8 Å². The summed E-state index contributed by atoms with van der Waals surface area (Å²) in [5.74, 6) is 0.892. The zero-order valence-corrected chi connectivity index (χ0v) is 12.6. The van der Waals surface area contributed by atoms with E-state index in [0.29, 0.717) is 13.0 Å². The molecule has 1 fully saturated rings. The fraction of sp³-hybridized carbons (Fsp3) is 0.467. The quantitative estimate of drug-likeness (QED) is 0.905. The van der Waals surface area contributed by atoms with Crippen molar-refractivity contribution in [2.24, 2.45) is 0 Å². The number of likely N-dealkylation sites (tertiary alicyclic amines) is 1. The maximum absolute atomic E-state index is 12.5. The molecule has 22 heavy (non-hydrogen) atoms. The van der Waals surface area contributed by atoms with Crippen LogP contribution in [0.25, 0.3) is 0 Å². The van der Waals surface area contributed by atoms with E-state index in [1.165, 1.54) is 0 Å². The highest BCUT2D eigenvalue weighted by Gasteiger charge is 2.30. The second kappa shape index (κ2) is 6.55. The Morgan fingerprint density at radius 3 is 3.09 bits per heavy atom. The first-order valence-electron chi connectivity index (χ1n) is 7.53. The Labute approximate surface area is 129 Å². The van der Waals surface area contributed by atoms with Gasteiger partial charge in [0.25, 0.3) is 0 Å². The molecule has 0 spiro atoms. The second-order valence-electron chi connectivity index (χ2n) is 5.37. The molecule has 1 N–H and O–H groups in total. The lowest BCUT2D eigenvalue weighted by atomic mass is 10.1. The lowest BCUT2D eigenvalue weighted by Gasteiger charge is -2.24. The van der Waals surface area contributed by atoms with Crippen molar-refractivity contribution in [1.29, 1.82) is 0 Å². The van der Waals surface area contributed by atoms with E-state index in [-0.39, 0.29) is 11.9 Å². The fourth-order valence-corrected chi connectivity index (χ4v) is 2.82. The minimum Gasteiger partial charge on any atom is -0.372 e. The van der Waals surface area contributed by atoms with Crippen molar-refractivity contribution in [1.82, 2.24) is 24.4 Å². The molecule has 2 aromatic heterocycles. The number of carbonyl (C=O) groups excluding carboxylic acids is 1. The number of hydrogen-bond donors (Lipinski definition) is 1. The SMILES string of the molecule is CNc1cncc([C@@H]2CCCN2C(=O)CCn2ccnc2)n1. The molecule has 116 valence electrons. The van der Waals surface area contributed by atoms with Gasteiger partial charge in [-0.15, -0.1) is 0 Å². The predicted octanol–water partition coefficient (Wildman–Crippen LogP) is 1.47. The molecule has 2 aromatic rings. The van der Waals surface area contributed by atoms with Gasteiger partial charge in [-0.1, -0.05) is 0 Å². The molecule has 1 atom stereocenters. The van der Waals surface area contributed by atoms with Crippen molar-refractivity contribution in [2.45, 2.75) is 31.8 Å². The molecule has 0 aliphatic carbocycles. The van der Waals surface area contributed by atoms with Gasteiger partial charge in [-0.05, 0) is 12.8 Å². The Hall–Kier alpha value is -2.44. The summed E-state index contributed by atoms with van der Waals surface area (Å²) in [5.41, 5.74) is 0.861. The number of amides is 1. The topological polar surface area (TPSA) is 75.9 Å². The third-order valence-corrected chi connectivity index (χ3v) is 3.97. The molecule has 0 aromatic carbocycles. The largest absolute Gasteiger partial charge is 0.372 e. The maximum Gasteiger partial charge on any atom is 0.224 e. The molecule has 1 aliphatic rings. The van der Waals surface area contributed by atoms with Crippen LogP contribution >= 0.6 is 0 Å². The van der Waals surface area contributed by atoms with Crippen LogP contribution < -0.4 is 5.32 Å². The van der Waals surface area contributed by atoms with Crippen LogP contribution in [-0.4, -0.2) is 43.9 Å². The monoisotopic (exact) mass is 300 g/mol. The first-order chi connectivity index (χ1) is 10.8. The summed E-state index contributed by atoms with van der Waals surface area (Å²) < 4.78 is 1.92. The summed E-state index contributed by atoms with van der Waals surface area (Å²) in [6.45, 7) is 1.45. The van der Waals surface area contributed by atoms with Gasteiger partial charge >= 0.3 is 0 Å². The molecule has 3 rings (SSSR count). The molecule has 1 saturated heterocycles. The van der Waals surface area contributed by atoms with Crippen LogP contribution in [0.2, 0.25) is 0 Å². The third kappa shape index (κ3) is 3.08. The zero-order valence-electron chi connectivity index (χ0n) is 12.6. The number of aryl methyl sites for hydroxylation is 1. The normalized spacial score (nSPS) is 17.7. The minimum absolute atomic E-state index is 0.0380. The van der Waals surface area contributed by atoms with E-state index in [4.69, 9.17) is 0 Å². The van der Waals surface area contributed by atoms with Gasteiger partial charge in [0.15, 0.2) is 0 Å². The molecule has 7 heteroatoms. The number of rotatable bonds is 5. The molecule has 1 aliphatic heterocycles. The highest BCUT2D eigenvalue weighted by Crippen LogP contribution is 2.31. The van der Waals surface area contributed by atoms with Crippen molar-refractivity contribution in [3.63, 3.8) is 0 Å². The van der Waals surface area contributed by atoms with Crippen molar-refractivity contribution in [3.05, 3.63) is 36.8 Å². The lowest BCUT2D eigenvalue weighted by molar-refractivity contribution is -0.132. The van der Waals surface area contributed by atoms with Gasteiger partial charge in [0.2, 0.25) is 5.91 Å². The average molecular weight is 300 g/mol. The number of nitrogens with one attached hydrogen (secondary N) is 1. The summed E-state index contributed by atoms with van der Waals surface area (Å²) >= 11 is 0. The van der Waals surface area contributed by atoms with Gasteiger partial charge in [-0.3, -0.25) is 9.78 Å². The van der Waals surface area contributed by atoms with Gasteiger partial charge in [0.05, 0.1) is 30.5 Å². The van der Waals surface area contributed by atoms with Gasteiger partial charge in [0.1, 0.15) is 5.82 Å². The Morgan fingerprint density at radius 2 is 2.32 bits per heavy atom. The van der Waals surface area contributed by atoms with E-state index < -0.39 is 0 Å². The first-order valence-corrected chi connectivity index (χ1v) is 7.53. The van der Waals surface area contributed by atoms with E-state index >= 15 is 0 Å². The number of hydrogen-bond acceptors (Lipinski definition) is 5. The standard InChI is InChI=1S/C15H20N6O/c1-16-14-10-18-9-12(19-14)13-3-2-6-21(13)15(22)4-7-20-8-5-17-11-20/h5,8-11,13H,2-4,6-7H2,1H3,(H,16,19)/t13-/m0/s1. The average Bonchev–Trinajstić information content (AvgIpc) is 3.24. The van der Waals surface area contributed by atoms with E-state index in [0.717, 1.165) is 30.9 Å². The van der Waals surface area contributed by atoms with Crippen molar-refractivity contribution < 1.29 is 4.79 Å². The highest BCUT2D eigenvalue weighted by molar-refractivity contribution is 5.77. The van der Waals surface area contributed by atoms with Crippen molar-refractivity contribution >= 4 is 11.7 Å². The number of nitrogens with zero attached hydrogens (tertiary/aromatic N) is 5. The molecule has 1 amide bonds. The molecule has 3 heterocycles. The van der Waals surface area contributed by atoms with Gasteiger partial charge in [-0.25, -0.2) is 9.97 Å².